The number of carboxylic acids is 1. The van der Waals surface area contributed by atoms with Crippen molar-refractivity contribution in [3.05, 3.63) is 42.0 Å². The van der Waals surface area contributed by atoms with Crippen molar-refractivity contribution in [1.29, 1.82) is 0 Å². The maximum absolute atomic E-state index is 14.3. The second-order valence-corrected chi connectivity index (χ2v) is 6.52. The van der Waals surface area contributed by atoms with Gasteiger partial charge < -0.3 is 10.4 Å². The summed E-state index contributed by atoms with van der Waals surface area (Å²) in [4.78, 5) is 23.5. The number of carboxylic acid groups (broad SMARTS) is 1. The zero-order valence-electron chi connectivity index (χ0n) is 13.9. The van der Waals surface area contributed by atoms with E-state index < -0.39 is 17.7 Å². The number of nitrogens with zero attached hydrogens (tertiary/aromatic N) is 2. The Kier molecular flexibility index (Phi) is 4.83. The second kappa shape index (κ2) is 7.04. The van der Waals surface area contributed by atoms with Gasteiger partial charge in [-0.15, -0.1) is 0 Å². The van der Waals surface area contributed by atoms with E-state index in [1.165, 1.54) is 10.7 Å². The smallest absolute Gasteiger partial charge is 0.306 e. The molecule has 1 aliphatic rings. The highest BCUT2D eigenvalue weighted by Crippen LogP contribution is 2.30. The number of hydrogen-bond donors (Lipinski definition) is 2. The summed E-state index contributed by atoms with van der Waals surface area (Å²) in [6.45, 7) is 1.87. The molecule has 2 unspecified atom stereocenters. The van der Waals surface area contributed by atoms with E-state index >= 15 is 0 Å². The largest absolute Gasteiger partial charge is 0.481 e. The summed E-state index contributed by atoms with van der Waals surface area (Å²) < 4.78 is 15.8. The molecule has 2 aromatic rings. The van der Waals surface area contributed by atoms with Gasteiger partial charge in [-0.3, -0.25) is 9.59 Å². The van der Waals surface area contributed by atoms with Crippen molar-refractivity contribution in [1.82, 2.24) is 9.78 Å². The molecule has 6 nitrogen and oxygen atoms in total. The fourth-order valence-electron chi connectivity index (χ4n) is 3.21. The monoisotopic (exact) mass is 345 g/mol. The maximum Gasteiger partial charge on any atom is 0.306 e. The molecule has 2 N–H and O–H groups in total. The number of rotatable bonds is 4. The molecule has 1 aromatic carbocycles. The van der Waals surface area contributed by atoms with E-state index in [0.717, 1.165) is 5.56 Å². The first kappa shape index (κ1) is 17.1. The quantitative estimate of drug-likeness (QED) is 0.891. The first-order chi connectivity index (χ1) is 11.9. The van der Waals surface area contributed by atoms with Crippen LogP contribution in [-0.2, 0) is 9.59 Å². The number of nitrogens with one attached hydrogen (secondary N) is 1. The number of aryl methyl sites for hydroxylation is 1. The molecule has 1 fully saturated rings. The third-order valence-corrected chi connectivity index (χ3v) is 4.57. The van der Waals surface area contributed by atoms with Crippen molar-refractivity contribution in [2.24, 2.45) is 11.8 Å². The summed E-state index contributed by atoms with van der Waals surface area (Å²) in [6.07, 6.45) is 5.64. The van der Waals surface area contributed by atoms with Crippen LogP contribution in [0.2, 0.25) is 0 Å². The SMILES string of the molecule is Cc1cnn(-c2ccc(NC(=O)C3CCCC(C(=O)O)C3)cc2F)c1. The molecule has 1 aromatic heterocycles. The first-order valence-electron chi connectivity index (χ1n) is 8.29. The maximum atomic E-state index is 14.3. The number of amides is 1. The van der Waals surface area contributed by atoms with Crippen LogP contribution in [0.15, 0.2) is 30.6 Å². The first-order valence-corrected chi connectivity index (χ1v) is 8.29. The molecule has 0 aliphatic heterocycles. The van der Waals surface area contributed by atoms with Crippen molar-refractivity contribution < 1.29 is 19.1 Å². The lowest BCUT2D eigenvalue weighted by Crippen LogP contribution is -2.30. The van der Waals surface area contributed by atoms with Crippen molar-refractivity contribution in [2.75, 3.05) is 5.32 Å². The van der Waals surface area contributed by atoms with Crippen molar-refractivity contribution in [3.63, 3.8) is 0 Å². The van der Waals surface area contributed by atoms with Crippen LogP contribution in [0.1, 0.15) is 31.2 Å². The highest BCUT2D eigenvalue weighted by molar-refractivity contribution is 5.93. The average Bonchev–Trinajstić information content (AvgIpc) is 3.01. The van der Waals surface area contributed by atoms with Crippen LogP contribution in [0.4, 0.5) is 10.1 Å². The minimum atomic E-state index is -0.859. The molecule has 0 bridgehead atoms. The molecule has 1 aliphatic carbocycles. The van der Waals surface area contributed by atoms with E-state index in [4.69, 9.17) is 5.11 Å². The van der Waals surface area contributed by atoms with Gasteiger partial charge in [0.05, 0.1) is 12.1 Å². The third-order valence-electron chi connectivity index (χ3n) is 4.57. The van der Waals surface area contributed by atoms with Crippen LogP contribution in [0.25, 0.3) is 5.69 Å². The Balaban J connectivity index is 1.69. The van der Waals surface area contributed by atoms with Crippen LogP contribution < -0.4 is 5.32 Å². The molecule has 2 atom stereocenters. The number of carbonyl (C=O) groups is 2. The average molecular weight is 345 g/mol. The lowest BCUT2D eigenvalue weighted by atomic mass is 9.81. The minimum absolute atomic E-state index is 0.256. The van der Waals surface area contributed by atoms with E-state index in [9.17, 15) is 14.0 Å². The number of anilines is 1. The van der Waals surface area contributed by atoms with Crippen LogP contribution in [0, 0.1) is 24.6 Å². The molecule has 7 heteroatoms. The van der Waals surface area contributed by atoms with Crippen LogP contribution >= 0.6 is 0 Å². The van der Waals surface area contributed by atoms with Gasteiger partial charge in [0.1, 0.15) is 5.69 Å². The highest BCUT2D eigenvalue weighted by Gasteiger charge is 2.31. The van der Waals surface area contributed by atoms with Gasteiger partial charge in [-0.25, -0.2) is 9.07 Å². The fourth-order valence-corrected chi connectivity index (χ4v) is 3.21. The predicted molar refractivity (Wildman–Crippen MR) is 90.0 cm³/mol. The highest BCUT2D eigenvalue weighted by atomic mass is 19.1. The molecule has 1 amide bonds. The Morgan fingerprint density at radius 3 is 2.72 bits per heavy atom. The third kappa shape index (κ3) is 3.87. The standard InChI is InChI=1S/C18H20FN3O3/c1-11-9-20-22(10-11)16-6-5-14(8-15(16)19)21-17(23)12-3-2-4-13(7-12)18(24)25/h5-6,8-10,12-13H,2-4,7H2,1H3,(H,21,23)(H,24,25). The predicted octanol–water partition coefficient (Wildman–Crippen LogP) is 3.15. The lowest BCUT2D eigenvalue weighted by molar-refractivity contribution is -0.143. The molecule has 25 heavy (non-hydrogen) atoms. The molecule has 0 spiro atoms. The molecule has 1 heterocycles. The van der Waals surface area contributed by atoms with Crippen LogP contribution in [0.3, 0.4) is 0 Å². The Bertz CT molecular complexity index is 803. The van der Waals surface area contributed by atoms with Gasteiger partial charge in [-0.1, -0.05) is 6.42 Å². The zero-order valence-corrected chi connectivity index (χ0v) is 13.9. The van der Waals surface area contributed by atoms with Crippen molar-refractivity contribution >= 4 is 17.6 Å². The lowest BCUT2D eigenvalue weighted by Gasteiger charge is -2.25. The zero-order chi connectivity index (χ0) is 18.0. The number of carbonyl (C=O) groups excluding carboxylic acids is 1. The van der Waals surface area contributed by atoms with Crippen LogP contribution in [0.5, 0.6) is 0 Å². The van der Waals surface area contributed by atoms with Crippen LogP contribution in [-0.4, -0.2) is 26.8 Å². The summed E-state index contributed by atoms with van der Waals surface area (Å²) in [5, 5.41) is 15.9. The number of aliphatic carboxylic acids is 1. The van der Waals surface area contributed by atoms with E-state index in [1.54, 1.807) is 24.5 Å². The molecule has 0 radical (unpaired) electrons. The number of benzene rings is 1. The molecule has 1 saturated carbocycles. The fraction of sp³-hybridized carbons (Fsp3) is 0.389. The summed E-state index contributed by atoms with van der Waals surface area (Å²) in [7, 11) is 0. The summed E-state index contributed by atoms with van der Waals surface area (Å²) >= 11 is 0. The van der Waals surface area contributed by atoms with E-state index in [-0.39, 0.29) is 11.8 Å². The molecule has 132 valence electrons. The van der Waals surface area contributed by atoms with Crippen molar-refractivity contribution in [3.8, 4) is 5.69 Å². The van der Waals surface area contributed by atoms with E-state index in [1.807, 2.05) is 6.92 Å². The minimum Gasteiger partial charge on any atom is -0.481 e. The van der Waals surface area contributed by atoms with Gasteiger partial charge >= 0.3 is 5.97 Å². The van der Waals surface area contributed by atoms with Gasteiger partial charge in [0, 0.05) is 17.8 Å². The molecule has 3 rings (SSSR count). The van der Waals surface area contributed by atoms with Gasteiger partial charge in [0.25, 0.3) is 0 Å². The van der Waals surface area contributed by atoms with Gasteiger partial charge in [-0.2, -0.15) is 5.10 Å². The Morgan fingerprint density at radius 2 is 2.08 bits per heavy atom. The Hall–Kier alpha value is -2.70. The van der Waals surface area contributed by atoms with Gasteiger partial charge in [0.15, 0.2) is 5.82 Å². The Morgan fingerprint density at radius 1 is 1.32 bits per heavy atom. The Labute approximate surface area is 144 Å². The summed E-state index contributed by atoms with van der Waals surface area (Å²) in [5.41, 5.74) is 1.57. The van der Waals surface area contributed by atoms with Gasteiger partial charge in [-0.05, 0) is 49.9 Å². The molecule has 0 saturated heterocycles. The second-order valence-electron chi connectivity index (χ2n) is 6.52. The van der Waals surface area contributed by atoms with E-state index in [2.05, 4.69) is 10.4 Å². The number of hydrogen-bond acceptors (Lipinski definition) is 3. The summed E-state index contributed by atoms with van der Waals surface area (Å²) in [5.74, 6) is -2.44. The molecular formula is C18H20FN3O3. The summed E-state index contributed by atoms with van der Waals surface area (Å²) in [6, 6.07) is 4.42. The number of aromatic nitrogens is 2. The topological polar surface area (TPSA) is 84.2 Å². The van der Waals surface area contributed by atoms with Gasteiger partial charge in [0.2, 0.25) is 5.91 Å². The molecular weight excluding hydrogens is 325 g/mol. The normalized spacial score (nSPS) is 20.2. The number of halogens is 1. The van der Waals surface area contributed by atoms with E-state index in [0.29, 0.717) is 37.1 Å². The van der Waals surface area contributed by atoms with Crippen molar-refractivity contribution in [2.45, 2.75) is 32.6 Å².